The Morgan fingerprint density at radius 1 is 0.500 bits per heavy atom. The summed E-state index contributed by atoms with van der Waals surface area (Å²) in [5.74, 6) is -0.793. The van der Waals surface area contributed by atoms with Crippen molar-refractivity contribution in [3.63, 3.8) is 0 Å². The van der Waals surface area contributed by atoms with Crippen molar-refractivity contribution < 1.29 is 37.6 Å². The second-order valence-electron chi connectivity index (χ2n) is 13.8. The first-order valence-electron chi connectivity index (χ1n) is 20.2. The molecule has 0 heterocycles. The van der Waals surface area contributed by atoms with Crippen LogP contribution in [-0.2, 0) is 32.7 Å². The Morgan fingerprint density at radius 2 is 0.812 bits per heavy atom. The van der Waals surface area contributed by atoms with E-state index >= 15 is 0 Å². The maximum atomic E-state index is 12.5. The highest BCUT2D eigenvalue weighted by molar-refractivity contribution is 7.47. The van der Waals surface area contributed by atoms with E-state index in [-0.39, 0.29) is 19.0 Å². The van der Waals surface area contributed by atoms with Gasteiger partial charge in [0.05, 0.1) is 6.61 Å². The van der Waals surface area contributed by atoms with E-state index < -0.39 is 26.5 Å². The van der Waals surface area contributed by atoms with Crippen LogP contribution in [-0.4, -0.2) is 43.3 Å². The van der Waals surface area contributed by atoms with Gasteiger partial charge < -0.3 is 14.4 Å². The second-order valence-corrected chi connectivity index (χ2v) is 15.3. The van der Waals surface area contributed by atoms with E-state index in [2.05, 4.69) is 18.4 Å². The Balaban J connectivity index is 3.90. The fraction of sp³-hybridized carbons (Fsp3) is 0.949. The van der Waals surface area contributed by atoms with Crippen LogP contribution in [0.4, 0.5) is 0 Å². The van der Waals surface area contributed by atoms with Crippen molar-refractivity contribution >= 4 is 19.8 Å². The first-order valence-corrected chi connectivity index (χ1v) is 21.7. The molecule has 2 atom stereocenters. The number of esters is 2. The SMILES string of the molecule is CCCCCCCCCCCCCCCCCCCCCCC(=O)OC(COC(=O)CCCCCCCCCCC)COP(=O)(O)OC. The number of phosphoric acid groups is 1. The van der Waals surface area contributed by atoms with Gasteiger partial charge in [0.25, 0.3) is 0 Å². The Kier molecular flexibility index (Phi) is 35.2. The first kappa shape index (κ1) is 47.0. The van der Waals surface area contributed by atoms with Crippen LogP contribution in [0.5, 0.6) is 0 Å². The molecule has 48 heavy (non-hydrogen) atoms. The maximum absolute atomic E-state index is 12.5. The average molecular weight is 705 g/mol. The second kappa shape index (κ2) is 35.9. The van der Waals surface area contributed by atoms with Crippen molar-refractivity contribution in [2.45, 2.75) is 219 Å². The largest absolute Gasteiger partial charge is 0.472 e. The molecule has 0 bridgehead atoms. The molecule has 0 aliphatic carbocycles. The van der Waals surface area contributed by atoms with Gasteiger partial charge in [-0.2, -0.15) is 0 Å². The molecule has 9 heteroatoms. The van der Waals surface area contributed by atoms with Crippen molar-refractivity contribution in [2.75, 3.05) is 20.3 Å². The van der Waals surface area contributed by atoms with Gasteiger partial charge in [-0.05, 0) is 12.8 Å². The van der Waals surface area contributed by atoms with Crippen LogP contribution in [0.2, 0.25) is 0 Å². The van der Waals surface area contributed by atoms with E-state index in [1.807, 2.05) is 0 Å². The van der Waals surface area contributed by atoms with Crippen molar-refractivity contribution in [1.82, 2.24) is 0 Å². The zero-order valence-electron chi connectivity index (χ0n) is 31.7. The van der Waals surface area contributed by atoms with Crippen molar-refractivity contribution in [3.05, 3.63) is 0 Å². The minimum absolute atomic E-state index is 0.217. The molecule has 8 nitrogen and oxygen atoms in total. The smallest absolute Gasteiger partial charge is 0.462 e. The molecule has 0 aromatic carbocycles. The van der Waals surface area contributed by atoms with Crippen LogP contribution in [0.1, 0.15) is 213 Å². The summed E-state index contributed by atoms with van der Waals surface area (Å²) in [5, 5.41) is 0. The molecule has 0 spiro atoms. The van der Waals surface area contributed by atoms with Crippen molar-refractivity contribution in [1.29, 1.82) is 0 Å². The Bertz CT molecular complexity index is 762. The maximum Gasteiger partial charge on any atom is 0.472 e. The molecule has 0 aromatic heterocycles. The molecule has 0 fully saturated rings. The lowest BCUT2D eigenvalue weighted by Gasteiger charge is -2.19. The van der Waals surface area contributed by atoms with Crippen molar-refractivity contribution in [2.24, 2.45) is 0 Å². The third-order valence-corrected chi connectivity index (χ3v) is 10.0. The van der Waals surface area contributed by atoms with Gasteiger partial charge >= 0.3 is 19.8 Å². The Labute approximate surface area is 296 Å². The quantitative estimate of drug-likeness (QED) is 0.0384. The highest BCUT2D eigenvalue weighted by Gasteiger charge is 2.24. The van der Waals surface area contributed by atoms with Crippen LogP contribution in [0.15, 0.2) is 0 Å². The molecule has 0 aromatic rings. The highest BCUT2D eigenvalue weighted by atomic mass is 31.2. The van der Waals surface area contributed by atoms with E-state index in [9.17, 15) is 19.0 Å². The number of hydrogen-bond donors (Lipinski definition) is 1. The van der Waals surface area contributed by atoms with Crippen molar-refractivity contribution in [3.8, 4) is 0 Å². The van der Waals surface area contributed by atoms with E-state index in [1.165, 1.54) is 148 Å². The molecule has 286 valence electrons. The van der Waals surface area contributed by atoms with Gasteiger partial charge in [-0.25, -0.2) is 4.57 Å². The zero-order valence-corrected chi connectivity index (χ0v) is 32.6. The van der Waals surface area contributed by atoms with Crippen LogP contribution in [0, 0.1) is 0 Å². The molecule has 0 aliphatic heterocycles. The van der Waals surface area contributed by atoms with Gasteiger partial charge in [0.1, 0.15) is 6.61 Å². The number of rotatable bonds is 38. The number of unbranched alkanes of at least 4 members (excludes halogenated alkanes) is 27. The fourth-order valence-corrected chi connectivity index (χ4v) is 6.41. The Hall–Kier alpha value is -0.950. The van der Waals surface area contributed by atoms with E-state index in [0.29, 0.717) is 6.42 Å². The first-order chi connectivity index (χ1) is 23.3. The molecule has 0 aliphatic rings. The summed E-state index contributed by atoms with van der Waals surface area (Å²) in [4.78, 5) is 34.3. The van der Waals surface area contributed by atoms with Gasteiger partial charge in [0, 0.05) is 20.0 Å². The number of ether oxygens (including phenoxy) is 2. The van der Waals surface area contributed by atoms with Gasteiger partial charge in [-0.3, -0.25) is 18.6 Å². The summed E-state index contributed by atoms with van der Waals surface area (Å²) in [6.07, 6.45) is 35.9. The molecule has 0 amide bonds. The molecular formula is C39H77O8P. The number of hydrogen-bond acceptors (Lipinski definition) is 7. The van der Waals surface area contributed by atoms with Crippen LogP contribution in [0.25, 0.3) is 0 Å². The molecule has 0 radical (unpaired) electrons. The predicted molar refractivity (Wildman–Crippen MR) is 198 cm³/mol. The third kappa shape index (κ3) is 34.9. The normalized spacial score (nSPS) is 13.3. The lowest BCUT2D eigenvalue weighted by atomic mass is 10.0. The van der Waals surface area contributed by atoms with Gasteiger partial charge in [0.15, 0.2) is 6.10 Å². The summed E-state index contributed by atoms with van der Waals surface area (Å²) in [5.41, 5.74) is 0. The topological polar surface area (TPSA) is 108 Å². The summed E-state index contributed by atoms with van der Waals surface area (Å²) >= 11 is 0. The summed E-state index contributed by atoms with van der Waals surface area (Å²) in [6, 6.07) is 0. The average Bonchev–Trinajstić information content (AvgIpc) is 3.07. The minimum Gasteiger partial charge on any atom is -0.462 e. The van der Waals surface area contributed by atoms with E-state index in [1.54, 1.807) is 0 Å². The highest BCUT2D eigenvalue weighted by Crippen LogP contribution is 2.42. The predicted octanol–water partition coefficient (Wildman–Crippen LogP) is 12.3. The number of phosphoric ester groups is 1. The lowest BCUT2D eigenvalue weighted by molar-refractivity contribution is -0.161. The van der Waals surface area contributed by atoms with Crippen LogP contribution < -0.4 is 0 Å². The number of carbonyl (C=O) groups is 2. The Morgan fingerprint density at radius 3 is 1.15 bits per heavy atom. The van der Waals surface area contributed by atoms with E-state index in [4.69, 9.17) is 14.0 Å². The zero-order chi connectivity index (χ0) is 35.4. The van der Waals surface area contributed by atoms with Crippen LogP contribution >= 0.6 is 7.82 Å². The molecule has 1 N–H and O–H groups in total. The van der Waals surface area contributed by atoms with Gasteiger partial charge in [-0.1, -0.05) is 187 Å². The fourth-order valence-electron chi connectivity index (χ4n) is 5.95. The standard InChI is InChI=1S/C39H77O8P/c1-4-6-8-10-12-14-15-16-17-18-19-20-21-22-23-24-26-28-30-32-34-39(41)47-37(36-46-48(42,43)44-3)35-45-38(40)33-31-29-27-25-13-11-9-7-5-2/h37H,4-36H2,1-3H3,(H,42,43). The molecule has 0 saturated heterocycles. The number of carbonyl (C=O) groups excluding carboxylic acids is 2. The summed E-state index contributed by atoms with van der Waals surface area (Å²) in [7, 11) is -3.18. The van der Waals surface area contributed by atoms with Gasteiger partial charge in [-0.15, -0.1) is 0 Å². The van der Waals surface area contributed by atoms with Gasteiger partial charge in [0.2, 0.25) is 0 Å². The summed E-state index contributed by atoms with van der Waals surface area (Å²) in [6.45, 7) is 3.88. The monoisotopic (exact) mass is 705 g/mol. The lowest BCUT2D eigenvalue weighted by Crippen LogP contribution is -2.29. The molecule has 0 saturated carbocycles. The third-order valence-electron chi connectivity index (χ3n) is 9.10. The van der Waals surface area contributed by atoms with E-state index in [0.717, 1.165) is 45.6 Å². The minimum atomic E-state index is -4.25. The molecule has 0 rings (SSSR count). The molecular weight excluding hydrogens is 627 g/mol. The molecule has 2 unspecified atom stereocenters. The van der Waals surface area contributed by atoms with Crippen LogP contribution in [0.3, 0.4) is 0 Å². The summed E-state index contributed by atoms with van der Waals surface area (Å²) < 4.78 is 31.9.